The number of methoxy groups -OCH3 is 1. The van der Waals surface area contributed by atoms with Gasteiger partial charge in [0.25, 0.3) is 0 Å². The number of carbonyl (C=O) groups is 1. The van der Waals surface area contributed by atoms with Gasteiger partial charge in [0, 0.05) is 4.90 Å². The van der Waals surface area contributed by atoms with Crippen LogP contribution in [0.2, 0.25) is 0 Å². The highest BCUT2D eigenvalue weighted by molar-refractivity contribution is 8.00. The molecule has 17 heavy (non-hydrogen) atoms. The fourth-order valence-electron chi connectivity index (χ4n) is 1.52. The number of carbonyl (C=O) groups excluding carboxylic acids is 1. The van der Waals surface area contributed by atoms with E-state index >= 15 is 0 Å². The summed E-state index contributed by atoms with van der Waals surface area (Å²) in [4.78, 5) is 12.3. The van der Waals surface area contributed by atoms with Crippen LogP contribution in [0.5, 0.6) is 11.5 Å². The third-order valence-electron chi connectivity index (χ3n) is 2.36. The molecule has 0 fully saturated rings. The van der Waals surface area contributed by atoms with Gasteiger partial charge in [0.15, 0.2) is 11.5 Å². The molecule has 1 aromatic carbocycles. The summed E-state index contributed by atoms with van der Waals surface area (Å²) in [6.45, 7) is 2.96. The van der Waals surface area contributed by atoms with Crippen LogP contribution >= 0.6 is 11.8 Å². The van der Waals surface area contributed by atoms with Gasteiger partial charge in [0.2, 0.25) is 0 Å². The zero-order valence-electron chi connectivity index (χ0n) is 9.76. The van der Waals surface area contributed by atoms with Crippen molar-refractivity contribution in [1.82, 2.24) is 0 Å². The van der Waals surface area contributed by atoms with E-state index < -0.39 is 0 Å². The van der Waals surface area contributed by atoms with Crippen LogP contribution in [0.15, 0.2) is 23.1 Å². The maximum atomic E-state index is 11.3. The van der Waals surface area contributed by atoms with Crippen molar-refractivity contribution in [3.63, 3.8) is 0 Å². The Balaban J connectivity index is 2.09. The molecule has 92 valence electrons. The Labute approximate surface area is 104 Å². The number of fused-ring (bicyclic) bond motifs is 1. The average molecular weight is 254 g/mol. The summed E-state index contributed by atoms with van der Waals surface area (Å²) in [6.07, 6.45) is 0. The highest BCUT2D eigenvalue weighted by atomic mass is 32.2. The lowest BCUT2D eigenvalue weighted by Gasteiger charge is -2.19. The fourth-order valence-corrected chi connectivity index (χ4v) is 2.44. The molecule has 1 aliphatic rings. The molecular weight excluding hydrogens is 240 g/mol. The number of rotatable bonds is 3. The molecular formula is C12H14O4S. The summed E-state index contributed by atoms with van der Waals surface area (Å²) in [5, 5.41) is -0.234. The highest BCUT2D eigenvalue weighted by Gasteiger charge is 2.17. The molecule has 1 atom stereocenters. The van der Waals surface area contributed by atoms with E-state index in [9.17, 15) is 4.79 Å². The minimum absolute atomic E-state index is 0.232. The first kappa shape index (κ1) is 12.1. The normalized spacial score (nSPS) is 15.2. The minimum atomic E-state index is -0.234. The summed E-state index contributed by atoms with van der Waals surface area (Å²) in [5.74, 6) is 1.26. The molecule has 5 heteroatoms. The smallest absolute Gasteiger partial charge is 0.318 e. The second kappa shape index (κ2) is 5.31. The van der Waals surface area contributed by atoms with Gasteiger partial charge in [-0.05, 0) is 25.1 Å². The molecule has 1 aliphatic heterocycles. The van der Waals surface area contributed by atoms with E-state index in [0.717, 1.165) is 16.4 Å². The maximum Gasteiger partial charge on any atom is 0.318 e. The van der Waals surface area contributed by atoms with Crippen LogP contribution in [-0.2, 0) is 9.53 Å². The Morgan fingerprint density at radius 1 is 1.35 bits per heavy atom. The molecule has 1 heterocycles. The Bertz CT molecular complexity index is 419. The third-order valence-corrected chi connectivity index (χ3v) is 3.43. The first-order chi connectivity index (χ1) is 8.20. The van der Waals surface area contributed by atoms with Crippen molar-refractivity contribution >= 4 is 17.7 Å². The Morgan fingerprint density at radius 3 is 2.76 bits per heavy atom. The molecule has 0 bridgehead atoms. The molecule has 0 aliphatic carbocycles. The van der Waals surface area contributed by atoms with Crippen LogP contribution in [0.4, 0.5) is 0 Å². The number of ether oxygens (including phenoxy) is 3. The van der Waals surface area contributed by atoms with E-state index in [1.54, 1.807) is 0 Å². The van der Waals surface area contributed by atoms with Crippen LogP contribution in [0.3, 0.4) is 0 Å². The van der Waals surface area contributed by atoms with Crippen molar-refractivity contribution in [3.8, 4) is 11.5 Å². The van der Waals surface area contributed by atoms with Gasteiger partial charge in [-0.2, -0.15) is 0 Å². The lowest BCUT2D eigenvalue weighted by atomic mass is 10.3. The summed E-state index contributed by atoms with van der Waals surface area (Å²) in [5.41, 5.74) is 0. The Hall–Kier alpha value is -1.36. The van der Waals surface area contributed by atoms with E-state index in [1.807, 2.05) is 25.1 Å². The Kier molecular flexibility index (Phi) is 3.78. The largest absolute Gasteiger partial charge is 0.486 e. The van der Waals surface area contributed by atoms with E-state index in [2.05, 4.69) is 4.74 Å². The second-order valence-corrected chi connectivity index (χ2v) is 5.00. The SMILES string of the molecule is COC(=O)[C@@H](C)Sc1ccc2c(c1)OCCO2. The van der Waals surface area contributed by atoms with Crippen LogP contribution < -0.4 is 9.47 Å². The lowest BCUT2D eigenvalue weighted by molar-refractivity contribution is -0.139. The quantitative estimate of drug-likeness (QED) is 0.610. The van der Waals surface area contributed by atoms with Crippen molar-refractivity contribution in [3.05, 3.63) is 18.2 Å². The van der Waals surface area contributed by atoms with Gasteiger partial charge in [-0.25, -0.2) is 0 Å². The van der Waals surface area contributed by atoms with Crippen molar-refractivity contribution in [2.75, 3.05) is 20.3 Å². The molecule has 4 nitrogen and oxygen atoms in total. The first-order valence-corrected chi connectivity index (χ1v) is 6.23. The van der Waals surface area contributed by atoms with Crippen molar-refractivity contribution in [2.45, 2.75) is 17.1 Å². The van der Waals surface area contributed by atoms with Crippen molar-refractivity contribution in [2.24, 2.45) is 0 Å². The van der Waals surface area contributed by atoms with Gasteiger partial charge >= 0.3 is 5.97 Å². The van der Waals surface area contributed by atoms with Gasteiger partial charge in [-0.1, -0.05) is 0 Å². The van der Waals surface area contributed by atoms with Crippen LogP contribution in [-0.4, -0.2) is 31.5 Å². The molecule has 0 saturated carbocycles. The summed E-state index contributed by atoms with van der Waals surface area (Å²) in [6, 6.07) is 5.66. The zero-order chi connectivity index (χ0) is 12.3. The maximum absolute atomic E-state index is 11.3. The van der Waals surface area contributed by atoms with E-state index in [4.69, 9.17) is 9.47 Å². The van der Waals surface area contributed by atoms with Gasteiger partial charge in [-0.3, -0.25) is 4.79 Å². The summed E-state index contributed by atoms with van der Waals surface area (Å²) in [7, 11) is 1.39. The molecule has 0 amide bonds. The van der Waals surface area contributed by atoms with Crippen molar-refractivity contribution in [1.29, 1.82) is 0 Å². The number of hydrogen-bond acceptors (Lipinski definition) is 5. The number of esters is 1. The molecule has 1 aromatic rings. The van der Waals surface area contributed by atoms with Crippen LogP contribution in [0.25, 0.3) is 0 Å². The average Bonchev–Trinajstić information content (AvgIpc) is 2.37. The fraction of sp³-hybridized carbons (Fsp3) is 0.417. The molecule has 0 radical (unpaired) electrons. The van der Waals surface area contributed by atoms with Gasteiger partial charge < -0.3 is 14.2 Å². The summed E-state index contributed by atoms with van der Waals surface area (Å²) < 4.78 is 15.6. The lowest BCUT2D eigenvalue weighted by Crippen LogP contribution is -2.16. The van der Waals surface area contributed by atoms with Crippen LogP contribution in [0.1, 0.15) is 6.92 Å². The summed E-state index contributed by atoms with van der Waals surface area (Å²) >= 11 is 1.44. The first-order valence-electron chi connectivity index (χ1n) is 5.35. The van der Waals surface area contributed by atoms with Gasteiger partial charge in [-0.15, -0.1) is 11.8 Å². The second-order valence-electron chi connectivity index (χ2n) is 3.59. The van der Waals surface area contributed by atoms with E-state index in [-0.39, 0.29) is 11.2 Å². The Morgan fingerprint density at radius 2 is 2.06 bits per heavy atom. The molecule has 0 unspecified atom stereocenters. The minimum Gasteiger partial charge on any atom is -0.486 e. The monoisotopic (exact) mass is 254 g/mol. The molecule has 0 aromatic heterocycles. The van der Waals surface area contributed by atoms with E-state index in [1.165, 1.54) is 18.9 Å². The number of thioether (sulfide) groups is 1. The predicted octanol–water partition coefficient (Wildman–Crippen LogP) is 2.11. The van der Waals surface area contributed by atoms with Gasteiger partial charge in [0.05, 0.1) is 7.11 Å². The third kappa shape index (κ3) is 2.85. The standard InChI is InChI=1S/C12H14O4S/c1-8(12(13)14-2)17-9-3-4-10-11(7-9)16-6-5-15-10/h3-4,7-8H,5-6H2,1-2H3/t8-/m1/s1. The van der Waals surface area contributed by atoms with Gasteiger partial charge in [0.1, 0.15) is 18.5 Å². The number of benzene rings is 1. The van der Waals surface area contributed by atoms with Crippen molar-refractivity contribution < 1.29 is 19.0 Å². The molecule has 0 saturated heterocycles. The number of hydrogen-bond donors (Lipinski definition) is 0. The van der Waals surface area contributed by atoms with Crippen LogP contribution in [0, 0.1) is 0 Å². The van der Waals surface area contributed by atoms with E-state index in [0.29, 0.717) is 13.2 Å². The zero-order valence-corrected chi connectivity index (χ0v) is 10.6. The molecule has 0 spiro atoms. The highest BCUT2D eigenvalue weighted by Crippen LogP contribution is 2.35. The molecule has 2 rings (SSSR count). The molecule has 0 N–H and O–H groups in total. The topological polar surface area (TPSA) is 44.8 Å². The predicted molar refractivity (Wildman–Crippen MR) is 64.8 cm³/mol.